The molecule has 142 valence electrons. The van der Waals surface area contributed by atoms with Crippen LogP contribution in [0.5, 0.6) is 11.5 Å². The second-order valence-corrected chi connectivity index (χ2v) is 7.48. The minimum atomic E-state index is -0.635. The molecule has 1 aliphatic carbocycles. The summed E-state index contributed by atoms with van der Waals surface area (Å²) in [6.45, 7) is 0.839. The predicted molar refractivity (Wildman–Crippen MR) is 101 cm³/mol. The molecule has 0 aromatic heterocycles. The average molecular weight is 369 g/mol. The van der Waals surface area contributed by atoms with E-state index >= 15 is 0 Å². The monoisotopic (exact) mass is 369 g/mol. The lowest BCUT2D eigenvalue weighted by Gasteiger charge is -2.35. The molecule has 0 saturated heterocycles. The van der Waals surface area contributed by atoms with Crippen LogP contribution in [-0.2, 0) is 10.2 Å². The van der Waals surface area contributed by atoms with Crippen molar-refractivity contribution < 1.29 is 18.7 Å². The van der Waals surface area contributed by atoms with E-state index in [1.54, 1.807) is 18.0 Å². The van der Waals surface area contributed by atoms with E-state index in [-0.39, 0.29) is 17.8 Å². The molecule has 1 amide bonds. The fourth-order valence-electron chi connectivity index (χ4n) is 4.30. The number of ether oxygens (including phenoxy) is 2. The molecule has 0 N–H and O–H groups in total. The molecule has 27 heavy (non-hydrogen) atoms. The molecule has 1 saturated carbocycles. The van der Waals surface area contributed by atoms with Crippen LogP contribution in [0.2, 0.25) is 0 Å². The summed E-state index contributed by atoms with van der Waals surface area (Å²) in [5, 5.41) is 0. The molecule has 1 heterocycles. The zero-order valence-electron chi connectivity index (χ0n) is 15.5. The average Bonchev–Trinajstić information content (AvgIpc) is 3.18. The lowest BCUT2D eigenvalue weighted by atomic mass is 9.77. The fourth-order valence-corrected chi connectivity index (χ4v) is 4.30. The second kappa shape index (κ2) is 7.22. The standard InChI is InChI=1S/C22H24FNO3/c1-24(14-18-15-26-19-9-2-3-10-20(19)27-18)21(25)22(11-4-5-12-22)16-7-6-8-17(23)13-16/h2-3,6-10,13,18H,4-5,11-12,14-15H2,1H3. The lowest BCUT2D eigenvalue weighted by Crippen LogP contribution is -2.48. The molecule has 0 bridgehead atoms. The summed E-state index contributed by atoms with van der Waals surface area (Å²) in [5.74, 6) is 1.17. The van der Waals surface area contributed by atoms with Crippen molar-refractivity contribution in [3.05, 3.63) is 59.9 Å². The number of nitrogens with zero attached hydrogens (tertiary/aromatic N) is 1. The zero-order valence-corrected chi connectivity index (χ0v) is 15.5. The highest BCUT2D eigenvalue weighted by molar-refractivity contribution is 5.88. The molecule has 2 aromatic rings. The van der Waals surface area contributed by atoms with E-state index in [0.717, 1.165) is 37.0 Å². The highest BCUT2D eigenvalue weighted by atomic mass is 19.1. The van der Waals surface area contributed by atoms with Gasteiger partial charge in [-0.15, -0.1) is 0 Å². The quantitative estimate of drug-likeness (QED) is 0.820. The molecular weight excluding hydrogens is 345 g/mol. The van der Waals surface area contributed by atoms with Crippen LogP contribution in [0.15, 0.2) is 48.5 Å². The van der Waals surface area contributed by atoms with Gasteiger partial charge in [0.2, 0.25) is 5.91 Å². The summed E-state index contributed by atoms with van der Waals surface area (Å²) in [5.41, 5.74) is 0.146. The molecule has 0 radical (unpaired) electrons. The molecule has 1 atom stereocenters. The Morgan fingerprint density at radius 2 is 1.89 bits per heavy atom. The van der Waals surface area contributed by atoms with Crippen molar-refractivity contribution in [3.63, 3.8) is 0 Å². The smallest absolute Gasteiger partial charge is 0.233 e. The van der Waals surface area contributed by atoms with Gasteiger partial charge in [0.05, 0.1) is 12.0 Å². The van der Waals surface area contributed by atoms with Crippen LogP contribution in [0.4, 0.5) is 4.39 Å². The van der Waals surface area contributed by atoms with Gasteiger partial charge in [0.25, 0.3) is 0 Å². The number of rotatable bonds is 4. The number of likely N-dealkylation sites (N-methyl/N-ethyl adjacent to an activating group) is 1. The van der Waals surface area contributed by atoms with E-state index in [1.807, 2.05) is 30.3 Å². The van der Waals surface area contributed by atoms with Crippen LogP contribution >= 0.6 is 0 Å². The largest absolute Gasteiger partial charge is 0.486 e. The summed E-state index contributed by atoms with van der Waals surface area (Å²) in [6, 6.07) is 14.0. The third-order valence-electron chi connectivity index (χ3n) is 5.64. The minimum absolute atomic E-state index is 0.0352. The SMILES string of the molecule is CN(CC1COc2ccccc2O1)C(=O)C1(c2cccc(F)c2)CCCC1. The van der Waals surface area contributed by atoms with Gasteiger partial charge in [0.1, 0.15) is 12.4 Å². The Balaban J connectivity index is 1.51. The molecule has 4 rings (SSSR count). The molecule has 2 aliphatic rings. The number of benzene rings is 2. The fraction of sp³-hybridized carbons (Fsp3) is 0.409. The molecule has 1 aliphatic heterocycles. The first-order valence-corrected chi connectivity index (χ1v) is 9.49. The van der Waals surface area contributed by atoms with Crippen LogP contribution < -0.4 is 9.47 Å². The van der Waals surface area contributed by atoms with Crippen molar-refractivity contribution in [3.8, 4) is 11.5 Å². The number of para-hydroxylation sites is 2. The van der Waals surface area contributed by atoms with Crippen LogP contribution in [0, 0.1) is 5.82 Å². The maximum Gasteiger partial charge on any atom is 0.233 e. The maximum atomic E-state index is 13.8. The van der Waals surface area contributed by atoms with Gasteiger partial charge < -0.3 is 14.4 Å². The number of amides is 1. The summed E-state index contributed by atoms with van der Waals surface area (Å²) in [7, 11) is 1.80. The number of fused-ring (bicyclic) bond motifs is 1. The molecule has 0 spiro atoms. The molecule has 1 fully saturated rings. The summed E-state index contributed by atoms with van der Waals surface area (Å²) < 4.78 is 25.6. The maximum absolute atomic E-state index is 13.8. The van der Waals surface area contributed by atoms with Crippen LogP contribution in [-0.4, -0.2) is 37.1 Å². The van der Waals surface area contributed by atoms with E-state index in [2.05, 4.69) is 0 Å². The van der Waals surface area contributed by atoms with Crippen LogP contribution in [0.3, 0.4) is 0 Å². The number of hydrogen-bond acceptors (Lipinski definition) is 3. The van der Waals surface area contributed by atoms with Crippen LogP contribution in [0.25, 0.3) is 0 Å². The van der Waals surface area contributed by atoms with Gasteiger partial charge in [-0.2, -0.15) is 0 Å². The van der Waals surface area contributed by atoms with Gasteiger partial charge in [0, 0.05) is 7.05 Å². The molecule has 5 heteroatoms. The van der Waals surface area contributed by atoms with Crippen LogP contribution in [0.1, 0.15) is 31.2 Å². The Bertz CT molecular complexity index is 832. The number of halogens is 1. The van der Waals surface area contributed by atoms with Crippen molar-refractivity contribution in [1.82, 2.24) is 4.90 Å². The first kappa shape index (κ1) is 17.8. The summed E-state index contributed by atoms with van der Waals surface area (Å²) in [6.07, 6.45) is 3.24. The van der Waals surface area contributed by atoms with Crippen molar-refractivity contribution >= 4 is 5.91 Å². The van der Waals surface area contributed by atoms with Gasteiger partial charge in [-0.3, -0.25) is 4.79 Å². The van der Waals surface area contributed by atoms with E-state index in [0.29, 0.717) is 18.9 Å². The normalized spacial score (nSPS) is 20.3. The molecular formula is C22H24FNO3. The predicted octanol–water partition coefficient (Wildman–Crippen LogP) is 3.94. The Labute approximate surface area is 158 Å². The van der Waals surface area contributed by atoms with E-state index < -0.39 is 5.41 Å². The van der Waals surface area contributed by atoms with Gasteiger partial charge >= 0.3 is 0 Å². The third-order valence-corrected chi connectivity index (χ3v) is 5.64. The lowest BCUT2D eigenvalue weighted by molar-refractivity contribution is -0.137. The van der Waals surface area contributed by atoms with Crippen molar-refractivity contribution in [2.45, 2.75) is 37.2 Å². The summed E-state index contributed by atoms with van der Waals surface area (Å²) >= 11 is 0. The highest BCUT2D eigenvalue weighted by Crippen LogP contribution is 2.43. The molecule has 2 aromatic carbocycles. The Morgan fingerprint density at radius 3 is 2.63 bits per heavy atom. The number of hydrogen-bond donors (Lipinski definition) is 0. The third kappa shape index (κ3) is 3.38. The number of carbonyl (C=O) groups excluding carboxylic acids is 1. The Morgan fingerprint density at radius 1 is 1.15 bits per heavy atom. The summed E-state index contributed by atoms with van der Waals surface area (Å²) in [4.78, 5) is 15.1. The molecule has 4 nitrogen and oxygen atoms in total. The van der Waals surface area contributed by atoms with Crippen molar-refractivity contribution in [1.29, 1.82) is 0 Å². The second-order valence-electron chi connectivity index (χ2n) is 7.48. The minimum Gasteiger partial charge on any atom is -0.486 e. The van der Waals surface area contributed by atoms with E-state index in [4.69, 9.17) is 9.47 Å². The topological polar surface area (TPSA) is 38.8 Å². The van der Waals surface area contributed by atoms with Crippen molar-refractivity contribution in [2.75, 3.05) is 20.2 Å². The van der Waals surface area contributed by atoms with E-state index in [1.165, 1.54) is 12.1 Å². The van der Waals surface area contributed by atoms with Gasteiger partial charge in [-0.1, -0.05) is 37.1 Å². The highest BCUT2D eigenvalue weighted by Gasteiger charge is 2.44. The Hall–Kier alpha value is -2.56. The number of carbonyl (C=O) groups is 1. The molecule has 1 unspecified atom stereocenters. The van der Waals surface area contributed by atoms with Crippen molar-refractivity contribution in [2.24, 2.45) is 0 Å². The van der Waals surface area contributed by atoms with Gasteiger partial charge in [-0.25, -0.2) is 4.39 Å². The van der Waals surface area contributed by atoms with Gasteiger partial charge in [0.15, 0.2) is 17.6 Å². The Kier molecular flexibility index (Phi) is 4.77. The first-order valence-electron chi connectivity index (χ1n) is 9.49. The van der Waals surface area contributed by atoms with E-state index in [9.17, 15) is 9.18 Å². The zero-order chi connectivity index (χ0) is 18.9. The van der Waals surface area contributed by atoms with Gasteiger partial charge in [-0.05, 0) is 42.7 Å². The first-order chi connectivity index (χ1) is 13.1.